The Balaban J connectivity index is 2.08. The summed E-state index contributed by atoms with van der Waals surface area (Å²) in [4.78, 5) is 11.8. The minimum Gasteiger partial charge on any atom is -0.479 e. The van der Waals surface area contributed by atoms with Crippen molar-refractivity contribution in [2.45, 2.75) is 6.42 Å². The van der Waals surface area contributed by atoms with E-state index < -0.39 is 0 Å². The highest BCUT2D eigenvalue weighted by Crippen LogP contribution is 2.27. The van der Waals surface area contributed by atoms with Crippen LogP contribution in [-0.4, -0.2) is 29.2 Å². The van der Waals surface area contributed by atoms with Gasteiger partial charge in [0.1, 0.15) is 11.0 Å². The molecule has 0 spiro atoms. The number of nitrogens with zero attached hydrogens (tertiary/aromatic N) is 2. The van der Waals surface area contributed by atoms with Crippen LogP contribution < -0.4 is 9.47 Å². The van der Waals surface area contributed by atoms with Crippen LogP contribution in [0.5, 0.6) is 11.9 Å². The quantitative estimate of drug-likeness (QED) is 0.790. The molecule has 20 heavy (non-hydrogen) atoms. The SMILES string of the molecule is COc1nc(OC)c2[nH]cc(Cc3ccccc3)c2n1. The molecular formula is C15H15N3O2. The predicted octanol–water partition coefficient (Wildman–Crippen LogP) is 2.57. The van der Waals surface area contributed by atoms with Gasteiger partial charge in [-0.25, -0.2) is 0 Å². The van der Waals surface area contributed by atoms with E-state index >= 15 is 0 Å². The fraction of sp³-hybridized carbons (Fsp3) is 0.200. The Morgan fingerprint density at radius 3 is 2.55 bits per heavy atom. The van der Waals surface area contributed by atoms with Crippen LogP contribution in [0.25, 0.3) is 11.0 Å². The number of aromatic nitrogens is 3. The molecule has 0 bridgehead atoms. The number of hydrogen-bond donors (Lipinski definition) is 1. The summed E-state index contributed by atoms with van der Waals surface area (Å²) in [5.74, 6) is 0.492. The molecule has 0 aliphatic rings. The highest BCUT2D eigenvalue weighted by atomic mass is 16.5. The van der Waals surface area contributed by atoms with Crippen LogP contribution in [0, 0.1) is 0 Å². The Labute approximate surface area is 116 Å². The van der Waals surface area contributed by atoms with Crippen LogP contribution in [0.1, 0.15) is 11.1 Å². The smallest absolute Gasteiger partial charge is 0.320 e. The van der Waals surface area contributed by atoms with Crippen LogP contribution in [0.2, 0.25) is 0 Å². The molecule has 0 fully saturated rings. The molecule has 3 rings (SSSR count). The normalized spacial score (nSPS) is 10.7. The van der Waals surface area contributed by atoms with E-state index in [9.17, 15) is 0 Å². The van der Waals surface area contributed by atoms with Crippen LogP contribution in [-0.2, 0) is 6.42 Å². The Kier molecular flexibility index (Phi) is 3.25. The summed E-state index contributed by atoms with van der Waals surface area (Å²) >= 11 is 0. The molecule has 102 valence electrons. The second kappa shape index (κ2) is 5.21. The maximum atomic E-state index is 5.27. The number of fused-ring (bicyclic) bond motifs is 1. The molecule has 5 heteroatoms. The summed E-state index contributed by atoms with van der Waals surface area (Å²) in [5.41, 5.74) is 3.94. The van der Waals surface area contributed by atoms with Crippen LogP contribution in [0.3, 0.4) is 0 Å². The number of hydrogen-bond acceptors (Lipinski definition) is 4. The standard InChI is InChI=1S/C15H15N3O2/c1-19-14-13-12(17-15(18-14)20-2)11(9-16-13)8-10-6-4-3-5-7-10/h3-7,9,16H,8H2,1-2H3. The second-order valence-corrected chi connectivity index (χ2v) is 4.42. The third kappa shape index (κ3) is 2.18. The van der Waals surface area contributed by atoms with E-state index in [1.807, 2.05) is 24.4 Å². The summed E-state index contributed by atoms with van der Waals surface area (Å²) in [6, 6.07) is 10.6. The van der Waals surface area contributed by atoms with Crippen LogP contribution >= 0.6 is 0 Å². The van der Waals surface area contributed by atoms with E-state index in [4.69, 9.17) is 9.47 Å². The largest absolute Gasteiger partial charge is 0.479 e. The average Bonchev–Trinajstić information content (AvgIpc) is 2.90. The van der Waals surface area contributed by atoms with Gasteiger partial charge in [0.25, 0.3) is 0 Å². The maximum Gasteiger partial charge on any atom is 0.320 e. The molecule has 1 N–H and O–H groups in total. The molecule has 0 saturated heterocycles. The van der Waals surface area contributed by atoms with Crippen molar-refractivity contribution in [1.29, 1.82) is 0 Å². The van der Waals surface area contributed by atoms with E-state index in [0.29, 0.717) is 11.9 Å². The maximum absolute atomic E-state index is 5.27. The van der Waals surface area contributed by atoms with Gasteiger partial charge in [0.2, 0.25) is 5.88 Å². The molecular weight excluding hydrogens is 254 g/mol. The first-order valence-electron chi connectivity index (χ1n) is 6.31. The fourth-order valence-corrected chi connectivity index (χ4v) is 2.20. The molecule has 0 saturated carbocycles. The van der Waals surface area contributed by atoms with Crippen molar-refractivity contribution in [1.82, 2.24) is 15.0 Å². The van der Waals surface area contributed by atoms with Crippen LogP contribution in [0.15, 0.2) is 36.5 Å². The number of ether oxygens (including phenoxy) is 2. The van der Waals surface area contributed by atoms with Crippen molar-refractivity contribution in [2.75, 3.05) is 14.2 Å². The third-order valence-electron chi connectivity index (χ3n) is 3.16. The summed E-state index contributed by atoms with van der Waals surface area (Å²) < 4.78 is 10.4. The summed E-state index contributed by atoms with van der Waals surface area (Å²) in [6.07, 6.45) is 2.73. The van der Waals surface area contributed by atoms with Crippen molar-refractivity contribution in [3.05, 3.63) is 47.7 Å². The Morgan fingerprint density at radius 1 is 1.05 bits per heavy atom. The van der Waals surface area contributed by atoms with E-state index in [-0.39, 0.29) is 0 Å². The minimum atomic E-state index is 0.309. The molecule has 1 aromatic carbocycles. The molecule has 3 aromatic rings. The molecule has 0 aliphatic heterocycles. The lowest BCUT2D eigenvalue weighted by Gasteiger charge is -2.04. The van der Waals surface area contributed by atoms with E-state index in [1.54, 1.807) is 14.2 Å². The number of methoxy groups -OCH3 is 2. The summed E-state index contributed by atoms with van der Waals surface area (Å²) in [7, 11) is 3.13. The number of rotatable bonds is 4. The molecule has 2 heterocycles. The van der Waals surface area contributed by atoms with Crippen molar-refractivity contribution in [2.24, 2.45) is 0 Å². The molecule has 0 unspecified atom stereocenters. The van der Waals surface area contributed by atoms with Gasteiger partial charge in [-0.1, -0.05) is 30.3 Å². The van der Waals surface area contributed by atoms with Gasteiger partial charge in [0.05, 0.1) is 14.2 Å². The monoisotopic (exact) mass is 269 g/mol. The van der Waals surface area contributed by atoms with Gasteiger partial charge in [0, 0.05) is 18.2 Å². The number of aromatic amines is 1. The van der Waals surface area contributed by atoms with Gasteiger partial charge < -0.3 is 14.5 Å². The van der Waals surface area contributed by atoms with Gasteiger partial charge in [-0.2, -0.15) is 9.97 Å². The van der Waals surface area contributed by atoms with Gasteiger partial charge in [-0.15, -0.1) is 0 Å². The topological polar surface area (TPSA) is 60.0 Å². The second-order valence-electron chi connectivity index (χ2n) is 4.42. The number of benzene rings is 1. The lowest BCUT2D eigenvalue weighted by atomic mass is 10.1. The summed E-state index contributed by atoms with van der Waals surface area (Å²) in [6.45, 7) is 0. The first-order valence-corrected chi connectivity index (χ1v) is 6.31. The molecule has 0 atom stereocenters. The van der Waals surface area contributed by atoms with Crippen molar-refractivity contribution < 1.29 is 9.47 Å². The van der Waals surface area contributed by atoms with Gasteiger partial charge in [0.15, 0.2) is 0 Å². The Bertz CT molecular complexity index is 723. The minimum absolute atomic E-state index is 0.309. The van der Waals surface area contributed by atoms with Crippen molar-refractivity contribution >= 4 is 11.0 Å². The molecule has 5 nitrogen and oxygen atoms in total. The first-order chi connectivity index (χ1) is 9.81. The predicted molar refractivity (Wildman–Crippen MR) is 76.2 cm³/mol. The van der Waals surface area contributed by atoms with Gasteiger partial charge in [-0.3, -0.25) is 0 Å². The van der Waals surface area contributed by atoms with E-state index in [0.717, 1.165) is 23.0 Å². The number of nitrogens with one attached hydrogen (secondary N) is 1. The highest BCUT2D eigenvalue weighted by Gasteiger charge is 2.14. The van der Waals surface area contributed by atoms with Crippen molar-refractivity contribution in [3.8, 4) is 11.9 Å². The number of H-pyrrole nitrogens is 1. The third-order valence-corrected chi connectivity index (χ3v) is 3.16. The average molecular weight is 269 g/mol. The molecule has 0 aliphatic carbocycles. The zero-order valence-corrected chi connectivity index (χ0v) is 11.4. The van der Waals surface area contributed by atoms with Crippen LogP contribution in [0.4, 0.5) is 0 Å². The molecule has 0 radical (unpaired) electrons. The molecule has 0 amide bonds. The zero-order valence-electron chi connectivity index (χ0n) is 11.4. The zero-order chi connectivity index (χ0) is 13.9. The lowest BCUT2D eigenvalue weighted by Crippen LogP contribution is -1.97. The highest BCUT2D eigenvalue weighted by molar-refractivity contribution is 5.83. The molecule has 2 aromatic heterocycles. The van der Waals surface area contributed by atoms with Gasteiger partial charge in [-0.05, 0) is 5.56 Å². The van der Waals surface area contributed by atoms with E-state index in [2.05, 4.69) is 27.1 Å². The lowest BCUT2D eigenvalue weighted by molar-refractivity contribution is 0.356. The van der Waals surface area contributed by atoms with E-state index in [1.165, 1.54) is 5.56 Å². The van der Waals surface area contributed by atoms with Crippen molar-refractivity contribution in [3.63, 3.8) is 0 Å². The summed E-state index contributed by atoms with van der Waals surface area (Å²) in [5, 5.41) is 0. The first kappa shape index (κ1) is 12.5. The van der Waals surface area contributed by atoms with Gasteiger partial charge >= 0.3 is 6.01 Å². The Morgan fingerprint density at radius 2 is 1.85 bits per heavy atom. The Hall–Kier alpha value is -2.56. The fourth-order valence-electron chi connectivity index (χ4n) is 2.20.